The smallest absolute Gasteiger partial charge is 0.229 e. The molecule has 3 rings (SSSR count). The summed E-state index contributed by atoms with van der Waals surface area (Å²) in [6.07, 6.45) is 0.907. The summed E-state index contributed by atoms with van der Waals surface area (Å²) < 4.78 is 27.6. The van der Waals surface area contributed by atoms with Crippen LogP contribution in [-0.2, 0) is 19.4 Å². The van der Waals surface area contributed by atoms with E-state index >= 15 is 0 Å². The number of amides is 2. The molecule has 1 aromatic heterocycles. The molecular weight excluding hydrogens is 310 g/mol. The van der Waals surface area contributed by atoms with Gasteiger partial charge in [0.15, 0.2) is 15.7 Å². The summed E-state index contributed by atoms with van der Waals surface area (Å²) in [5, 5.41) is 8.97. The highest BCUT2D eigenvalue weighted by Crippen LogP contribution is 2.39. The normalized spacial score (nSPS) is 29.0. The van der Waals surface area contributed by atoms with Crippen LogP contribution < -0.4 is 10.6 Å². The molecule has 0 bridgehead atoms. The molecule has 0 spiro atoms. The van der Waals surface area contributed by atoms with E-state index in [1.54, 1.807) is 13.0 Å². The molecule has 2 N–H and O–H groups in total. The van der Waals surface area contributed by atoms with Gasteiger partial charge in [-0.05, 0) is 19.8 Å². The first-order chi connectivity index (χ1) is 10.3. The highest BCUT2D eigenvalue weighted by Gasteiger charge is 2.49. The van der Waals surface area contributed by atoms with Crippen LogP contribution in [0, 0.1) is 18.8 Å². The van der Waals surface area contributed by atoms with Crippen molar-refractivity contribution in [2.24, 2.45) is 11.8 Å². The zero-order valence-electron chi connectivity index (χ0n) is 12.0. The Bertz CT molecular complexity index is 711. The second-order valence-corrected chi connectivity index (χ2v) is 8.10. The van der Waals surface area contributed by atoms with E-state index in [9.17, 15) is 18.0 Å². The van der Waals surface area contributed by atoms with E-state index in [0.29, 0.717) is 24.4 Å². The van der Waals surface area contributed by atoms with Gasteiger partial charge in [-0.25, -0.2) is 8.42 Å². The van der Waals surface area contributed by atoms with Crippen LogP contribution in [0.5, 0.6) is 0 Å². The molecule has 2 amide bonds. The van der Waals surface area contributed by atoms with Gasteiger partial charge in [0, 0.05) is 12.1 Å². The number of aryl methyl sites for hydroxylation is 1. The van der Waals surface area contributed by atoms with Gasteiger partial charge in [-0.15, -0.1) is 0 Å². The minimum Gasteiger partial charge on any atom is -0.360 e. The Morgan fingerprint density at radius 3 is 2.64 bits per heavy atom. The summed E-state index contributed by atoms with van der Waals surface area (Å²) in [4.78, 5) is 24.0. The molecule has 22 heavy (non-hydrogen) atoms. The standard InChI is InChI=1S/C13H17N3O5S/c1-7-4-11(16-21-7)15-13(18)10-5-9(10)12(17)14-8-2-3-22(19,20)6-8/h4,8-10H,2-3,5-6H2,1H3,(H,14,17)(H,15,16,18). The van der Waals surface area contributed by atoms with Crippen LogP contribution in [0.1, 0.15) is 18.6 Å². The third-order valence-corrected chi connectivity index (χ3v) is 5.69. The van der Waals surface area contributed by atoms with E-state index in [1.807, 2.05) is 0 Å². The summed E-state index contributed by atoms with van der Waals surface area (Å²) in [6, 6.07) is 1.26. The lowest BCUT2D eigenvalue weighted by molar-refractivity contribution is -0.125. The predicted octanol–water partition coefficient (Wildman–Crippen LogP) is -0.139. The van der Waals surface area contributed by atoms with E-state index in [4.69, 9.17) is 4.52 Å². The lowest BCUT2D eigenvalue weighted by Gasteiger charge is -2.10. The quantitative estimate of drug-likeness (QED) is 0.794. The Morgan fingerprint density at radius 1 is 1.32 bits per heavy atom. The van der Waals surface area contributed by atoms with Gasteiger partial charge in [0.05, 0.1) is 23.3 Å². The zero-order chi connectivity index (χ0) is 15.9. The summed E-state index contributed by atoms with van der Waals surface area (Å²) in [7, 11) is -3.03. The number of carbonyl (C=O) groups excluding carboxylic acids is 2. The lowest BCUT2D eigenvalue weighted by Crippen LogP contribution is -2.37. The average Bonchev–Trinajstić information content (AvgIpc) is 3.04. The first-order valence-corrected chi connectivity index (χ1v) is 8.91. The van der Waals surface area contributed by atoms with E-state index in [0.717, 1.165) is 0 Å². The molecule has 3 unspecified atom stereocenters. The Balaban J connectivity index is 1.49. The SMILES string of the molecule is Cc1cc(NC(=O)C2CC2C(=O)NC2CCS(=O)(=O)C2)no1. The van der Waals surface area contributed by atoms with Gasteiger partial charge in [-0.3, -0.25) is 9.59 Å². The maximum atomic E-state index is 12.0. The van der Waals surface area contributed by atoms with Crippen LogP contribution >= 0.6 is 0 Å². The molecule has 120 valence electrons. The fourth-order valence-corrected chi connectivity index (χ4v) is 4.31. The third-order valence-electron chi connectivity index (χ3n) is 3.92. The molecule has 0 radical (unpaired) electrons. The molecule has 3 atom stereocenters. The number of anilines is 1. The number of rotatable bonds is 4. The molecule has 9 heteroatoms. The van der Waals surface area contributed by atoms with Crippen molar-refractivity contribution in [3.8, 4) is 0 Å². The van der Waals surface area contributed by atoms with E-state index in [-0.39, 0.29) is 29.4 Å². The predicted molar refractivity (Wildman–Crippen MR) is 76.7 cm³/mol. The number of hydrogen-bond donors (Lipinski definition) is 2. The van der Waals surface area contributed by atoms with Crippen LogP contribution in [0.25, 0.3) is 0 Å². The number of carbonyl (C=O) groups is 2. The third kappa shape index (κ3) is 3.29. The monoisotopic (exact) mass is 327 g/mol. The van der Waals surface area contributed by atoms with Crippen molar-refractivity contribution >= 4 is 27.5 Å². The summed E-state index contributed by atoms with van der Waals surface area (Å²) in [5.74, 6) is -0.297. The highest BCUT2D eigenvalue weighted by molar-refractivity contribution is 7.91. The first-order valence-electron chi connectivity index (χ1n) is 7.09. The summed E-state index contributed by atoms with van der Waals surface area (Å²) in [6.45, 7) is 1.71. The summed E-state index contributed by atoms with van der Waals surface area (Å²) in [5.41, 5.74) is 0. The van der Waals surface area contributed by atoms with Gasteiger partial charge in [-0.2, -0.15) is 0 Å². The molecule has 0 aromatic carbocycles. The molecule has 1 saturated heterocycles. The van der Waals surface area contributed by atoms with Crippen molar-refractivity contribution in [3.63, 3.8) is 0 Å². The highest BCUT2D eigenvalue weighted by atomic mass is 32.2. The van der Waals surface area contributed by atoms with Crippen LogP contribution in [0.15, 0.2) is 10.6 Å². The van der Waals surface area contributed by atoms with E-state index in [2.05, 4.69) is 15.8 Å². The largest absolute Gasteiger partial charge is 0.360 e. The molecule has 8 nitrogen and oxygen atoms in total. The van der Waals surface area contributed by atoms with Crippen molar-refractivity contribution in [1.82, 2.24) is 10.5 Å². The number of nitrogens with zero attached hydrogens (tertiary/aromatic N) is 1. The Kier molecular flexibility index (Phi) is 3.67. The Morgan fingerprint density at radius 2 is 2.05 bits per heavy atom. The van der Waals surface area contributed by atoms with Gasteiger partial charge >= 0.3 is 0 Å². The molecule has 2 heterocycles. The number of hydrogen-bond acceptors (Lipinski definition) is 6. The van der Waals surface area contributed by atoms with Gasteiger partial charge in [0.1, 0.15) is 5.76 Å². The molecule has 1 aliphatic carbocycles. The summed E-state index contributed by atoms with van der Waals surface area (Å²) >= 11 is 0. The number of aromatic nitrogens is 1. The van der Waals surface area contributed by atoms with Gasteiger partial charge in [0.25, 0.3) is 0 Å². The maximum absolute atomic E-state index is 12.0. The van der Waals surface area contributed by atoms with Crippen molar-refractivity contribution in [1.29, 1.82) is 0 Å². The van der Waals surface area contributed by atoms with Crippen LogP contribution in [-0.4, -0.2) is 42.9 Å². The second kappa shape index (κ2) is 5.38. The lowest BCUT2D eigenvalue weighted by atomic mass is 10.2. The average molecular weight is 327 g/mol. The maximum Gasteiger partial charge on any atom is 0.229 e. The van der Waals surface area contributed by atoms with Crippen molar-refractivity contribution in [2.75, 3.05) is 16.8 Å². The van der Waals surface area contributed by atoms with Crippen molar-refractivity contribution in [2.45, 2.75) is 25.8 Å². The molecule has 2 aliphatic rings. The van der Waals surface area contributed by atoms with Crippen LogP contribution in [0.3, 0.4) is 0 Å². The minimum atomic E-state index is -3.03. The molecule has 1 aliphatic heterocycles. The van der Waals surface area contributed by atoms with Gasteiger partial charge in [0.2, 0.25) is 11.8 Å². The fourth-order valence-electron chi connectivity index (χ4n) is 2.64. The van der Waals surface area contributed by atoms with E-state index in [1.165, 1.54) is 0 Å². The molecule has 1 aromatic rings. The Hall–Kier alpha value is -1.90. The topological polar surface area (TPSA) is 118 Å². The van der Waals surface area contributed by atoms with Crippen LogP contribution in [0.2, 0.25) is 0 Å². The van der Waals surface area contributed by atoms with Gasteiger partial charge in [-0.1, -0.05) is 5.16 Å². The zero-order valence-corrected chi connectivity index (χ0v) is 12.9. The van der Waals surface area contributed by atoms with Crippen LogP contribution in [0.4, 0.5) is 5.82 Å². The number of nitrogens with one attached hydrogen (secondary N) is 2. The van der Waals surface area contributed by atoms with Crippen molar-refractivity contribution < 1.29 is 22.5 Å². The molecule has 2 fully saturated rings. The fraction of sp³-hybridized carbons (Fsp3) is 0.615. The van der Waals surface area contributed by atoms with Gasteiger partial charge < -0.3 is 15.2 Å². The Labute approximate surface area is 127 Å². The molecular formula is C13H17N3O5S. The molecule has 1 saturated carbocycles. The minimum absolute atomic E-state index is 0.0134. The van der Waals surface area contributed by atoms with Crippen molar-refractivity contribution in [3.05, 3.63) is 11.8 Å². The second-order valence-electron chi connectivity index (χ2n) is 5.87. The van der Waals surface area contributed by atoms with E-state index < -0.39 is 21.7 Å². The number of sulfone groups is 1. The first kappa shape index (κ1) is 15.0.